The molecule has 24 heavy (non-hydrogen) atoms. The molecular formula is C17H13ClN4OS. The molecule has 3 aromatic heterocycles. The van der Waals surface area contributed by atoms with E-state index in [2.05, 4.69) is 15.5 Å². The molecule has 0 unspecified atom stereocenters. The van der Waals surface area contributed by atoms with E-state index in [4.69, 9.17) is 16.1 Å². The van der Waals surface area contributed by atoms with Crippen molar-refractivity contribution in [1.29, 1.82) is 0 Å². The molecule has 0 aliphatic heterocycles. The summed E-state index contributed by atoms with van der Waals surface area (Å²) in [5, 5.41) is 8.04. The van der Waals surface area contributed by atoms with E-state index in [1.54, 1.807) is 18.1 Å². The fourth-order valence-corrected chi connectivity index (χ4v) is 3.45. The van der Waals surface area contributed by atoms with Crippen LogP contribution in [-0.4, -0.2) is 14.1 Å². The maximum atomic E-state index is 6.19. The number of nitrogens with one attached hydrogen (secondary N) is 1. The second-order valence-corrected chi connectivity index (χ2v) is 6.51. The van der Waals surface area contributed by atoms with Crippen LogP contribution in [0.15, 0.2) is 65.6 Å². The van der Waals surface area contributed by atoms with E-state index >= 15 is 0 Å². The van der Waals surface area contributed by atoms with Gasteiger partial charge in [-0.3, -0.25) is 3.97 Å². The van der Waals surface area contributed by atoms with E-state index in [-0.39, 0.29) is 0 Å². The Morgan fingerprint density at radius 1 is 1.17 bits per heavy atom. The molecule has 7 heteroatoms. The Balaban J connectivity index is 1.46. The Hall–Kier alpha value is -2.44. The molecule has 0 bridgehead atoms. The van der Waals surface area contributed by atoms with Crippen molar-refractivity contribution in [2.75, 3.05) is 5.32 Å². The first kappa shape index (κ1) is 15.1. The van der Waals surface area contributed by atoms with Crippen LogP contribution in [0.5, 0.6) is 0 Å². The number of hydrogen-bond donors (Lipinski definition) is 1. The summed E-state index contributed by atoms with van der Waals surface area (Å²) in [6.45, 7) is 0. The first-order valence-corrected chi connectivity index (χ1v) is 8.64. The summed E-state index contributed by atoms with van der Waals surface area (Å²) in [6.07, 6.45) is 5.69. The monoisotopic (exact) mass is 356 g/mol. The number of pyridine rings is 1. The van der Waals surface area contributed by atoms with Gasteiger partial charge in [-0.1, -0.05) is 35.0 Å². The third kappa shape index (κ3) is 3.11. The van der Waals surface area contributed by atoms with Crippen molar-refractivity contribution in [3.05, 3.63) is 71.6 Å². The molecule has 4 rings (SSSR count). The van der Waals surface area contributed by atoms with Gasteiger partial charge in [0.2, 0.25) is 5.82 Å². The van der Waals surface area contributed by atoms with Gasteiger partial charge in [-0.05, 0) is 41.8 Å². The zero-order valence-corrected chi connectivity index (χ0v) is 14.1. The zero-order chi connectivity index (χ0) is 16.4. The van der Waals surface area contributed by atoms with Crippen molar-refractivity contribution in [3.63, 3.8) is 0 Å². The van der Waals surface area contributed by atoms with Crippen LogP contribution < -0.4 is 5.32 Å². The summed E-state index contributed by atoms with van der Waals surface area (Å²) in [5.74, 6) is 1.40. The predicted molar refractivity (Wildman–Crippen MR) is 97.7 cm³/mol. The summed E-state index contributed by atoms with van der Waals surface area (Å²) >= 11 is 7.84. The lowest BCUT2D eigenvalue weighted by molar-refractivity contribution is 0.460. The largest absolute Gasteiger partial charge is 0.352 e. The predicted octanol–water partition coefficient (Wildman–Crippen LogP) is 5.12. The van der Waals surface area contributed by atoms with Crippen molar-refractivity contribution in [2.24, 2.45) is 0 Å². The number of halogens is 1. The van der Waals surface area contributed by atoms with E-state index in [9.17, 15) is 0 Å². The molecule has 1 aromatic carbocycles. The van der Waals surface area contributed by atoms with Gasteiger partial charge < -0.3 is 9.84 Å². The van der Waals surface area contributed by atoms with E-state index in [1.165, 1.54) is 0 Å². The van der Waals surface area contributed by atoms with Crippen LogP contribution in [0.25, 0.3) is 11.1 Å². The molecule has 0 amide bonds. The van der Waals surface area contributed by atoms with E-state index in [1.807, 2.05) is 58.8 Å². The quantitative estimate of drug-likeness (QED) is 0.538. The molecule has 0 saturated heterocycles. The van der Waals surface area contributed by atoms with Gasteiger partial charge in [-0.25, -0.2) is 4.98 Å². The second-order valence-electron chi connectivity index (χ2n) is 5.13. The van der Waals surface area contributed by atoms with Crippen molar-refractivity contribution >= 4 is 46.2 Å². The van der Waals surface area contributed by atoms with Crippen molar-refractivity contribution in [3.8, 4) is 0 Å². The molecule has 0 spiro atoms. The Kier molecular flexibility index (Phi) is 4.15. The molecule has 0 aliphatic carbocycles. The van der Waals surface area contributed by atoms with Gasteiger partial charge in [0.25, 0.3) is 0 Å². The Labute approximate surface area is 147 Å². The van der Waals surface area contributed by atoms with Crippen molar-refractivity contribution in [1.82, 2.24) is 14.1 Å². The van der Waals surface area contributed by atoms with Crippen molar-refractivity contribution < 1.29 is 4.52 Å². The standard InChI is InChI=1S/C17H13ClN4OS/c18-14-5-2-1-4-12(14)11-24-22-9-7-13(10-22)20-17-16-15(23-21-17)6-3-8-19-16/h1-10H,11H2,(H,20,21). The second kappa shape index (κ2) is 6.59. The summed E-state index contributed by atoms with van der Waals surface area (Å²) in [6, 6.07) is 13.5. The molecule has 0 atom stereocenters. The number of hydrogen-bond acceptors (Lipinski definition) is 5. The summed E-state index contributed by atoms with van der Waals surface area (Å²) in [5.41, 5.74) is 3.41. The van der Waals surface area contributed by atoms with E-state index in [0.717, 1.165) is 22.0 Å². The number of rotatable bonds is 5. The Morgan fingerprint density at radius 2 is 2.08 bits per heavy atom. The summed E-state index contributed by atoms with van der Waals surface area (Å²) < 4.78 is 7.27. The lowest BCUT2D eigenvalue weighted by Crippen LogP contribution is -1.90. The molecule has 0 fully saturated rings. The highest BCUT2D eigenvalue weighted by molar-refractivity contribution is 7.97. The molecule has 120 valence electrons. The topological polar surface area (TPSA) is 55.9 Å². The average molecular weight is 357 g/mol. The molecule has 0 radical (unpaired) electrons. The maximum absolute atomic E-state index is 6.19. The molecule has 0 saturated carbocycles. The number of benzene rings is 1. The van der Waals surface area contributed by atoms with Gasteiger partial charge in [-0.15, -0.1) is 0 Å². The van der Waals surface area contributed by atoms with Gasteiger partial charge in [-0.2, -0.15) is 0 Å². The minimum Gasteiger partial charge on any atom is -0.352 e. The van der Waals surface area contributed by atoms with Crippen LogP contribution in [0.2, 0.25) is 5.02 Å². The molecular weight excluding hydrogens is 344 g/mol. The van der Waals surface area contributed by atoms with E-state index in [0.29, 0.717) is 16.9 Å². The van der Waals surface area contributed by atoms with Crippen LogP contribution in [0.3, 0.4) is 0 Å². The van der Waals surface area contributed by atoms with Gasteiger partial charge in [0.1, 0.15) is 0 Å². The Bertz CT molecular complexity index is 981. The molecule has 0 aliphatic rings. The van der Waals surface area contributed by atoms with Gasteiger partial charge >= 0.3 is 0 Å². The van der Waals surface area contributed by atoms with Crippen LogP contribution in [0.4, 0.5) is 11.5 Å². The van der Waals surface area contributed by atoms with Crippen molar-refractivity contribution in [2.45, 2.75) is 5.75 Å². The first-order valence-electron chi connectivity index (χ1n) is 7.32. The number of aromatic nitrogens is 3. The average Bonchev–Trinajstić information content (AvgIpc) is 3.22. The van der Waals surface area contributed by atoms with E-state index < -0.39 is 0 Å². The highest BCUT2D eigenvalue weighted by Crippen LogP contribution is 2.26. The zero-order valence-electron chi connectivity index (χ0n) is 12.5. The molecule has 3 heterocycles. The number of anilines is 2. The normalized spacial score (nSPS) is 11.0. The maximum Gasteiger partial charge on any atom is 0.200 e. The number of nitrogens with zero attached hydrogens (tertiary/aromatic N) is 3. The highest BCUT2D eigenvalue weighted by Gasteiger charge is 2.09. The third-order valence-corrected chi connectivity index (χ3v) is 4.82. The van der Waals surface area contributed by atoms with Crippen LogP contribution in [-0.2, 0) is 5.75 Å². The first-order chi connectivity index (χ1) is 11.8. The number of fused-ring (bicyclic) bond motifs is 1. The third-order valence-electron chi connectivity index (χ3n) is 3.49. The van der Waals surface area contributed by atoms with Crippen LogP contribution in [0, 0.1) is 0 Å². The molecule has 5 nitrogen and oxygen atoms in total. The summed E-state index contributed by atoms with van der Waals surface area (Å²) in [7, 11) is 0. The molecule has 1 N–H and O–H groups in total. The minimum atomic E-state index is 0.611. The smallest absolute Gasteiger partial charge is 0.200 e. The lowest BCUT2D eigenvalue weighted by atomic mass is 10.2. The minimum absolute atomic E-state index is 0.611. The fourth-order valence-electron chi connectivity index (χ4n) is 2.29. The van der Waals surface area contributed by atoms with Gasteiger partial charge in [0, 0.05) is 29.4 Å². The van der Waals surface area contributed by atoms with Crippen LogP contribution in [0.1, 0.15) is 5.56 Å². The highest BCUT2D eigenvalue weighted by atomic mass is 35.5. The van der Waals surface area contributed by atoms with Gasteiger partial charge in [0.15, 0.2) is 11.1 Å². The SMILES string of the molecule is Clc1ccccc1CSn1ccc(Nc2noc3cccnc23)c1. The fraction of sp³-hybridized carbons (Fsp3) is 0.0588. The Morgan fingerprint density at radius 3 is 3.00 bits per heavy atom. The summed E-state index contributed by atoms with van der Waals surface area (Å²) in [4.78, 5) is 4.28. The van der Waals surface area contributed by atoms with Crippen LogP contribution >= 0.6 is 23.5 Å². The lowest BCUT2D eigenvalue weighted by Gasteiger charge is -2.04. The van der Waals surface area contributed by atoms with Gasteiger partial charge in [0.05, 0.1) is 5.69 Å². The molecule has 4 aromatic rings.